The van der Waals surface area contributed by atoms with Crippen LogP contribution in [-0.4, -0.2) is 40.4 Å². The second kappa shape index (κ2) is 9.53. The van der Waals surface area contributed by atoms with E-state index in [1.54, 1.807) is 0 Å². The van der Waals surface area contributed by atoms with E-state index >= 15 is 0 Å². The van der Waals surface area contributed by atoms with Crippen LogP contribution in [0.4, 0.5) is 34.1 Å². The third-order valence-corrected chi connectivity index (χ3v) is 5.25. The normalized spacial score (nSPS) is 18.6. The van der Waals surface area contributed by atoms with Crippen molar-refractivity contribution in [2.45, 2.75) is 64.6 Å². The number of rotatable bonds is 6. The first-order chi connectivity index (χ1) is 15.7. The number of carbonyl (C=O) groups is 1. The van der Waals surface area contributed by atoms with Gasteiger partial charge in [0.05, 0.1) is 23.3 Å². The van der Waals surface area contributed by atoms with Crippen LogP contribution in [0.25, 0.3) is 0 Å². The summed E-state index contributed by atoms with van der Waals surface area (Å²) in [5.74, 6) is -0.940. The van der Waals surface area contributed by atoms with Gasteiger partial charge in [-0.05, 0) is 46.8 Å². The number of carbonyl (C=O) groups excluding carboxylic acids is 1. The molecule has 3 atom stereocenters. The number of hydrogen-bond acceptors (Lipinski definition) is 6. The smallest absolute Gasteiger partial charge is 0.416 e. The molecule has 1 saturated heterocycles. The molecule has 1 fully saturated rings. The lowest BCUT2D eigenvalue weighted by Crippen LogP contribution is -2.45. The van der Waals surface area contributed by atoms with Crippen molar-refractivity contribution in [3.8, 4) is 0 Å². The predicted molar refractivity (Wildman–Crippen MR) is 118 cm³/mol. The first kappa shape index (κ1) is 26.0. The summed E-state index contributed by atoms with van der Waals surface area (Å²) in [5.41, 5.74) is -1.58. The Morgan fingerprint density at radius 3 is 2.47 bits per heavy atom. The number of nitrogens with one attached hydrogen (secondary N) is 1. The minimum Gasteiger partial charge on any atom is -0.447 e. The standard InChI is InChI=1S/C22H25ClF4N4O3/c1-11(14-7-6-13(8-15(14)24)22(25,26)27)28-19-29-17(23)9-18(30-19)31-16(10-33-20(31)32)12(2)34-21(3,4)5/h6-9,11-12,16H,10H2,1-5H3,(H,28,29,30)/t11-,12+,16+/m0/s1. The Morgan fingerprint density at radius 1 is 1.21 bits per heavy atom. The van der Waals surface area contributed by atoms with E-state index in [4.69, 9.17) is 21.1 Å². The van der Waals surface area contributed by atoms with Crippen LogP contribution in [0.1, 0.15) is 51.8 Å². The summed E-state index contributed by atoms with van der Waals surface area (Å²) in [6.45, 7) is 9.07. The molecule has 1 aromatic heterocycles. The second-order valence-electron chi connectivity index (χ2n) is 8.92. The first-order valence-corrected chi connectivity index (χ1v) is 10.8. The van der Waals surface area contributed by atoms with E-state index < -0.39 is 47.4 Å². The Hall–Kier alpha value is -2.66. The largest absolute Gasteiger partial charge is 0.447 e. The molecule has 0 bridgehead atoms. The van der Waals surface area contributed by atoms with Gasteiger partial charge in [-0.15, -0.1) is 0 Å². The Morgan fingerprint density at radius 2 is 1.88 bits per heavy atom. The van der Waals surface area contributed by atoms with Crippen LogP contribution in [0.5, 0.6) is 0 Å². The number of cyclic esters (lactones) is 1. The van der Waals surface area contributed by atoms with E-state index in [9.17, 15) is 22.4 Å². The molecule has 186 valence electrons. The molecule has 1 aromatic carbocycles. The Labute approximate surface area is 199 Å². The number of amides is 1. The average Bonchev–Trinajstić information content (AvgIpc) is 3.07. The number of nitrogens with zero attached hydrogens (tertiary/aromatic N) is 3. The van der Waals surface area contributed by atoms with Gasteiger partial charge in [0.1, 0.15) is 29.4 Å². The summed E-state index contributed by atoms with van der Waals surface area (Å²) in [5, 5.41) is 2.82. The molecule has 12 heteroatoms. The molecule has 2 heterocycles. The van der Waals surface area contributed by atoms with Gasteiger partial charge >= 0.3 is 12.3 Å². The average molecular weight is 505 g/mol. The molecule has 0 aliphatic carbocycles. The quantitative estimate of drug-likeness (QED) is 0.384. The molecule has 0 unspecified atom stereocenters. The van der Waals surface area contributed by atoms with Crippen LogP contribution in [-0.2, 0) is 15.7 Å². The summed E-state index contributed by atoms with van der Waals surface area (Å²) < 4.78 is 64.0. The maximum atomic E-state index is 14.4. The fourth-order valence-corrected chi connectivity index (χ4v) is 3.78. The topological polar surface area (TPSA) is 76.6 Å². The molecular weight excluding hydrogens is 480 g/mol. The lowest BCUT2D eigenvalue weighted by Gasteiger charge is -2.31. The third-order valence-electron chi connectivity index (χ3n) is 5.06. The van der Waals surface area contributed by atoms with Crippen molar-refractivity contribution in [3.05, 3.63) is 46.4 Å². The summed E-state index contributed by atoms with van der Waals surface area (Å²) in [6, 6.07) is 2.34. The van der Waals surface area contributed by atoms with Gasteiger partial charge in [-0.1, -0.05) is 17.7 Å². The highest BCUT2D eigenvalue weighted by molar-refractivity contribution is 6.29. The molecule has 2 aromatic rings. The summed E-state index contributed by atoms with van der Waals surface area (Å²) in [4.78, 5) is 22.1. The van der Waals surface area contributed by atoms with E-state index in [2.05, 4.69) is 15.3 Å². The predicted octanol–water partition coefficient (Wildman–Crippen LogP) is 5.99. The fraction of sp³-hybridized carbons (Fsp3) is 0.500. The zero-order valence-corrected chi connectivity index (χ0v) is 20.0. The van der Waals surface area contributed by atoms with Crippen molar-refractivity contribution in [2.75, 3.05) is 16.8 Å². The van der Waals surface area contributed by atoms with Crippen LogP contribution < -0.4 is 10.2 Å². The number of anilines is 2. The van der Waals surface area contributed by atoms with Gasteiger partial charge in [0.15, 0.2) is 0 Å². The third kappa shape index (κ3) is 6.06. The fourth-order valence-electron chi connectivity index (χ4n) is 3.60. The zero-order valence-electron chi connectivity index (χ0n) is 19.2. The van der Waals surface area contributed by atoms with Crippen molar-refractivity contribution >= 4 is 29.5 Å². The molecule has 7 nitrogen and oxygen atoms in total. The maximum Gasteiger partial charge on any atom is 0.416 e. The molecular formula is C22H25ClF4N4O3. The van der Waals surface area contributed by atoms with Gasteiger partial charge in [0, 0.05) is 11.6 Å². The highest BCUT2D eigenvalue weighted by Crippen LogP contribution is 2.33. The molecule has 1 aliphatic heterocycles. The number of alkyl halides is 3. The van der Waals surface area contributed by atoms with Gasteiger partial charge in [-0.2, -0.15) is 18.2 Å². The van der Waals surface area contributed by atoms with Crippen LogP contribution in [0, 0.1) is 5.82 Å². The van der Waals surface area contributed by atoms with E-state index in [1.807, 2.05) is 27.7 Å². The highest BCUT2D eigenvalue weighted by atomic mass is 35.5. The van der Waals surface area contributed by atoms with Crippen molar-refractivity contribution in [3.63, 3.8) is 0 Å². The zero-order chi connectivity index (χ0) is 25.4. The number of aromatic nitrogens is 2. The Kier molecular flexibility index (Phi) is 7.28. The number of benzene rings is 1. The van der Waals surface area contributed by atoms with Gasteiger partial charge in [0.25, 0.3) is 0 Å². The Balaban J connectivity index is 1.85. The Bertz CT molecular complexity index is 1060. The summed E-state index contributed by atoms with van der Waals surface area (Å²) in [7, 11) is 0. The molecule has 1 aliphatic rings. The first-order valence-electron chi connectivity index (χ1n) is 10.5. The minimum atomic E-state index is -4.66. The lowest BCUT2D eigenvalue weighted by molar-refractivity contribution is -0.137. The molecule has 1 amide bonds. The van der Waals surface area contributed by atoms with Crippen LogP contribution in [0.3, 0.4) is 0 Å². The van der Waals surface area contributed by atoms with Crippen molar-refractivity contribution in [1.29, 1.82) is 0 Å². The van der Waals surface area contributed by atoms with Crippen molar-refractivity contribution < 1.29 is 31.8 Å². The molecule has 0 spiro atoms. The minimum absolute atomic E-state index is 0.00423. The van der Waals surface area contributed by atoms with Crippen LogP contribution in [0.15, 0.2) is 24.3 Å². The lowest BCUT2D eigenvalue weighted by atomic mass is 10.0. The van der Waals surface area contributed by atoms with Gasteiger partial charge in [-0.3, -0.25) is 4.90 Å². The van der Waals surface area contributed by atoms with E-state index in [0.717, 1.165) is 12.1 Å². The van der Waals surface area contributed by atoms with E-state index in [0.29, 0.717) is 6.07 Å². The SMILES string of the molecule is C[C@H](Nc1nc(Cl)cc(N2C(=O)OC[C@@H]2[C@@H](C)OC(C)(C)C)n1)c1ccc(C(F)(F)F)cc1F. The second-order valence-corrected chi connectivity index (χ2v) is 9.31. The number of halogens is 5. The monoisotopic (exact) mass is 504 g/mol. The molecule has 1 N–H and O–H groups in total. The number of hydrogen-bond donors (Lipinski definition) is 1. The van der Waals surface area contributed by atoms with Crippen molar-refractivity contribution in [1.82, 2.24) is 9.97 Å². The van der Waals surface area contributed by atoms with Gasteiger partial charge < -0.3 is 14.8 Å². The van der Waals surface area contributed by atoms with Gasteiger partial charge in [-0.25, -0.2) is 14.2 Å². The van der Waals surface area contributed by atoms with E-state index in [-0.39, 0.29) is 29.1 Å². The molecule has 0 radical (unpaired) electrons. The summed E-state index contributed by atoms with van der Waals surface area (Å²) >= 11 is 6.14. The van der Waals surface area contributed by atoms with Gasteiger partial charge in [0.2, 0.25) is 5.95 Å². The molecule has 0 saturated carbocycles. The van der Waals surface area contributed by atoms with Crippen molar-refractivity contribution in [2.24, 2.45) is 0 Å². The maximum absolute atomic E-state index is 14.4. The van der Waals surface area contributed by atoms with Crippen LogP contribution >= 0.6 is 11.6 Å². The summed E-state index contributed by atoms with van der Waals surface area (Å²) in [6.07, 6.45) is -5.70. The molecule has 34 heavy (non-hydrogen) atoms. The highest BCUT2D eigenvalue weighted by Gasteiger charge is 2.40. The number of ether oxygens (including phenoxy) is 2. The van der Waals surface area contributed by atoms with Crippen LogP contribution in [0.2, 0.25) is 5.15 Å². The van der Waals surface area contributed by atoms with E-state index in [1.165, 1.54) is 17.9 Å². The molecule has 3 rings (SSSR count).